The Balaban J connectivity index is 3.61. The van der Waals surface area contributed by atoms with Gasteiger partial charge in [0.2, 0.25) is 5.91 Å². The molecule has 0 saturated heterocycles. The molecule has 0 radical (unpaired) electrons. The number of carbonyl (C=O) groups is 1. The monoisotopic (exact) mass is 144 g/mol. The molecule has 1 amide bonds. The maximum atomic E-state index is 10.9. The Labute approximate surface area is 62.2 Å². The van der Waals surface area contributed by atoms with Crippen LogP contribution in [0, 0.1) is 0 Å². The average molecular weight is 144 g/mol. The number of hydrogen-bond donors (Lipinski definition) is 2. The Bertz CT molecular complexity index is 112. The first kappa shape index (κ1) is 9.43. The summed E-state index contributed by atoms with van der Waals surface area (Å²) in [5.41, 5.74) is 0. The van der Waals surface area contributed by atoms with Gasteiger partial charge in [-0.3, -0.25) is 4.79 Å². The molecule has 0 aliphatic rings. The fourth-order valence-electron chi connectivity index (χ4n) is 0.792. The van der Waals surface area contributed by atoms with Gasteiger partial charge in [-0.15, -0.1) is 0 Å². The van der Waals surface area contributed by atoms with Crippen molar-refractivity contribution >= 4 is 5.91 Å². The molecule has 0 aromatic rings. The second-order valence-corrected chi connectivity index (χ2v) is 2.66. The molecular weight excluding hydrogens is 128 g/mol. The van der Waals surface area contributed by atoms with E-state index in [1.54, 1.807) is 7.05 Å². The van der Waals surface area contributed by atoms with Gasteiger partial charge in [0.15, 0.2) is 0 Å². The first-order chi connectivity index (χ1) is 4.57. The van der Waals surface area contributed by atoms with Crippen molar-refractivity contribution in [1.82, 2.24) is 10.6 Å². The fourth-order valence-corrected chi connectivity index (χ4v) is 0.792. The molecule has 0 aliphatic heterocycles. The third kappa shape index (κ3) is 3.45. The van der Waals surface area contributed by atoms with Crippen molar-refractivity contribution in [2.24, 2.45) is 0 Å². The van der Waals surface area contributed by atoms with E-state index in [1.165, 1.54) is 0 Å². The molecule has 3 heteroatoms. The SMILES string of the molecule is CNC(=O)[C@@H](C)NC(C)C. The van der Waals surface area contributed by atoms with E-state index in [0.717, 1.165) is 0 Å². The molecule has 0 aliphatic carbocycles. The van der Waals surface area contributed by atoms with Gasteiger partial charge in [0.25, 0.3) is 0 Å². The largest absolute Gasteiger partial charge is 0.358 e. The van der Waals surface area contributed by atoms with Gasteiger partial charge in [0.05, 0.1) is 6.04 Å². The minimum Gasteiger partial charge on any atom is -0.358 e. The summed E-state index contributed by atoms with van der Waals surface area (Å²) in [5.74, 6) is 0.0358. The van der Waals surface area contributed by atoms with Crippen molar-refractivity contribution < 1.29 is 4.79 Å². The summed E-state index contributed by atoms with van der Waals surface area (Å²) in [5, 5.41) is 5.65. The lowest BCUT2D eigenvalue weighted by Gasteiger charge is -2.14. The summed E-state index contributed by atoms with van der Waals surface area (Å²) in [6.45, 7) is 5.87. The minimum absolute atomic E-state index is 0.0358. The topological polar surface area (TPSA) is 41.1 Å². The average Bonchev–Trinajstić information content (AvgIpc) is 1.85. The maximum Gasteiger partial charge on any atom is 0.236 e. The Kier molecular flexibility index (Phi) is 4.03. The summed E-state index contributed by atoms with van der Waals surface area (Å²) in [4.78, 5) is 10.9. The van der Waals surface area contributed by atoms with Crippen molar-refractivity contribution in [3.05, 3.63) is 0 Å². The molecule has 0 fully saturated rings. The third-order valence-electron chi connectivity index (χ3n) is 1.22. The van der Waals surface area contributed by atoms with E-state index in [0.29, 0.717) is 6.04 Å². The first-order valence-electron chi connectivity index (χ1n) is 3.55. The number of amides is 1. The lowest BCUT2D eigenvalue weighted by atomic mass is 10.2. The summed E-state index contributed by atoms with van der Waals surface area (Å²) in [6.07, 6.45) is 0. The maximum absolute atomic E-state index is 10.9. The molecule has 0 saturated carbocycles. The number of nitrogens with one attached hydrogen (secondary N) is 2. The molecule has 1 atom stereocenters. The zero-order valence-corrected chi connectivity index (χ0v) is 7.06. The van der Waals surface area contributed by atoms with E-state index in [4.69, 9.17) is 0 Å². The molecular formula is C7H16N2O. The first-order valence-corrected chi connectivity index (χ1v) is 3.55. The zero-order valence-electron chi connectivity index (χ0n) is 7.06. The highest BCUT2D eigenvalue weighted by molar-refractivity contribution is 5.80. The second kappa shape index (κ2) is 4.28. The Morgan fingerprint density at radius 3 is 2.10 bits per heavy atom. The van der Waals surface area contributed by atoms with E-state index in [2.05, 4.69) is 10.6 Å². The Morgan fingerprint density at radius 2 is 1.80 bits per heavy atom. The van der Waals surface area contributed by atoms with Gasteiger partial charge in [0, 0.05) is 13.1 Å². The van der Waals surface area contributed by atoms with Gasteiger partial charge in [0.1, 0.15) is 0 Å². The number of carbonyl (C=O) groups excluding carboxylic acids is 1. The van der Waals surface area contributed by atoms with Crippen LogP contribution in [-0.4, -0.2) is 25.0 Å². The Morgan fingerprint density at radius 1 is 1.30 bits per heavy atom. The van der Waals surface area contributed by atoms with Gasteiger partial charge >= 0.3 is 0 Å². The van der Waals surface area contributed by atoms with Crippen LogP contribution in [0.3, 0.4) is 0 Å². The van der Waals surface area contributed by atoms with Crippen LogP contribution in [0.15, 0.2) is 0 Å². The number of hydrogen-bond acceptors (Lipinski definition) is 2. The van der Waals surface area contributed by atoms with Crippen LogP contribution in [0.1, 0.15) is 20.8 Å². The molecule has 10 heavy (non-hydrogen) atoms. The van der Waals surface area contributed by atoms with E-state index in [-0.39, 0.29) is 11.9 Å². The van der Waals surface area contributed by atoms with E-state index in [9.17, 15) is 4.79 Å². The van der Waals surface area contributed by atoms with Crippen LogP contribution >= 0.6 is 0 Å². The van der Waals surface area contributed by atoms with Crippen molar-refractivity contribution in [2.75, 3.05) is 7.05 Å². The summed E-state index contributed by atoms with van der Waals surface area (Å²) < 4.78 is 0. The highest BCUT2D eigenvalue weighted by Gasteiger charge is 2.09. The molecule has 0 aromatic heterocycles. The number of rotatable bonds is 3. The predicted octanol–water partition coefficient (Wildman–Crippen LogP) is 0.119. The highest BCUT2D eigenvalue weighted by atomic mass is 16.2. The van der Waals surface area contributed by atoms with Crippen molar-refractivity contribution in [3.8, 4) is 0 Å². The van der Waals surface area contributed by atoms with Gasteiger partial charge in [-0.1, -0.05) is 13.8 Å². The molecule has 0 aromatic carbocycles. The molecule has 0 bridgehead atoms. The molecule has 2 N–H and O–H groups in total. The lowest BCUT2D eigenvalue weighted by molar-refractivity contribution is -0.122. The Hall–Kier alpha value is -0.570. The highest BCUT2D eigenvalue weighted by Crippen LogP contribution is 1.84. The predicted molar refractivity (Wildman–Crippen MR) is 41.8 cm³/mol. The smallest absolute Gasteiger partial charge is 0.236 e. The van der Waals surface area contributed by atoms with Gasteiger partial charge < -0.3 is 10.6 Å². The normalized spacial score (nSPS) is 13.3. The zero-order chi connectivity index (χ0) is 8.15. The standard InChI is InChI=1S/C7H16N2O/c1-5(2)9-6(3)7(10)8-4/h5-6,9H,1-4H3,(H,8,10)/t6-/m1/s1. The minimum atomic E-state index is -0.0926. The quantitative estimate of drug-likeness (QED) is 0.590. The molecule has 60 valence electrons. The summed E-state index contributed by atoms with van der Waals surface area (Å²) >= 11 is 0. The fraction of sp³-hybridized carbons (Fsp3) is 0.857. The lowest BCUT2D eigenvalue weighted by Crippen LogP contribution is -2.43. The molecule has 0 heterocycles. The molecule has 0 spiro atoms. The molecule has 3 nitrogen and oxygen atoms in total. The second-order valence-electron chi connectivity index (χ2n) is 2.66. The van der Waals surface area contributed by atoms with Crippen LogP contribution in [0.5, 0.6) is 0 Å². The summed E-state index contributed by atoms with van der Waals surface area (Å²) in [6, 6.07) is 0.261. The van der Waals surface area contributed by atoms with Crippen molar-refractivity contribution in [1.29, 1.82) is 0 Å². The van der Waals surface area contributed by atoms with E-state index >= 15 is 0 Å². The van der Waals surface area contributed by atoms with Gasteiger partial charge in [-0.2, -0.15) is 0 Å². The van der Waals surface area contributed by atoms with Crippen LogP contribution in [0.4, 0.5) is 0 Å². The van der Waals surface area contributed by atoms with E-state index < -0.39 is 0 Å². The third-order valence-corrected chi connectivity index (χ3v) is 1.22. The van der Waals surface area contributed by atoms with Crippen LogP contribution in [0.2, 0.25) is 0 Å². The molecule has 0 unspecified atom stereocenters. The van der Waals surface area contributed by atoms with Crippen LogP contribution in [0.25, 0.3) is 0 Å². The van der Waals surface area contributed by atoms with E-state index in [1.807, 2.05) is 20.8 Å². The van der Waals surface area contributed by atoms with Crippen molar-refractivity contribution in [3.63, 3.8) is 0 Å². The number of likely N-dealkylation sites (N-methyl/N-ethyl adjacent to an activating group) is 1. The van der Waals surface area contributed by atoms with Gasteiger partial charge in [-0.05, 0) is 6.92 Å². The summed E-state index contributed by atoms with van der Waals surface area (Å²) in [7, 11) is 1.64. The molecule has 0 rings (SSSR count). The van der Waals surface area contributed by atoms with Gasteiger partial charge in [-0.25, -0.2) is 0 Å². The van der Waals surface area contributed by atoms with Crippen LogP contribution in [-0.2, 0) is 4.79 Å². The van der Waals surface area contributed by atoms with Crippen molar-refractivity contribution in [2.45, 2.75) is 32.9 Å². The van der Waals surface area contributed by atoms with Crippen LogP contribution < -0.4 is 10.6 Å².